The Balaban J connectivity index is 2.99. The number of benzene rings is 1. The van der Waals surface area contributed by atoms with Crippen molar-refractivity contribution in [1.29, 1.82) is 0 Å². The molecule has 0 saturated heterocycles. The summed E-state index contributed by atoms with van der Waals surface area (Å²) in [5.74, 6) is 5.61. The van der Waals surface area contributed by atoms with Crippen LogP contribution in [0.15, 0.2) is 18.2 Å². The maximum atomic E-state index is 11.1. The van der Waals surface area contributed by atoms with Gasteiger partial charge in [-0.2, -0.15) is 0 Å². The van der Waals surface area contributed by atoms with Crippen LogP contribution in [0, 0.1) is 11.8 Å². The van der Waals surface area contributed by atoms with Gasteiger partial charge in [0.05, 0.1) is 12.1 Å². The number of carbonyl (C=O) groups excluding carboxylic acids is 1. The number of rotatable bonds is 2. The Kier molecular flexibility index (Phi) is 3.90. The van der Waals surface area contributed by atoms with Crippen molar-refractivity contribution < 1.29 is 9.90 Å². The van der Waals surface area contributed by atoms with Gasteiger partial charge in [0.15, 0.2) is 5.78 Å². The van der Waals surface area contributed by atoms with Crippen LogP contribution in [0.4, 0.5) is 0 Å². The maximum absolute atomic E-state index is 11.1. The predicted octanol–water partition coefficient (Wildman–Crippen LogP) is 1.17. The molecule has 0 spiro atoms. The molecule has 2 N–H and O–H groups in total. The fourth-order valence-electron chi connectivity index (χ4n) is 1.13. The summed E-state index contributed by atoms with van der Waals surface area (Å²) in [6.45, 7) is 2.01. The highest BCUT2D eigenvalue weighted by Gasteiger charge is 2.05. The van der Waals surface area contributed by atoms with Crippen molar-refractivity contribution in [2.24, 2.45) is 0 Å². The minimum Gasteiger partial charge on any atom is -0.507 e. The fourth-order valence-corrected chi connectivity index (χ4v) is 1.13. The Hall–Kier alpha value is -1.79. The molecule has 3 nitrogen and oxygen atoms in total. The average molecular weight is 203 g/mol. The lowest BCUT2D eigenvalue weighted by atomic mass is 10.1. The summed E-state index contributed by atoms with van der Waals surface area (Å²) in [6.07, 6.45) is 0. The standard InChI is InChI=1S/C12H13NO2/c1-9(14)11-8-10(4-3-7-13-2)5-6-12(11)15/h5-6,8,13,15H,7H2,1-2H3. The summed E-state index contributed by atoms with van der Waals surface area (Å²) in [6, 6.07) is 4.77. The molecule has 0 aliphatic carbocycles. The van der Waals surface area contributed by atoms with E-state index in [9.17, 15) is 9.90 Å². The molecule has 0 bridgehead atoms. The number of carbonyl (C=O) groups is 1. The van der Waals surface area contributed by atoms with Crippen molar-refractivity contribution in [3.05, 3.63) is 29.3 Å². The average Bonchev–Trinajstić information content (AvgIpc) is 2.20. The molecule has 0 radical (unpaired) electrons. The Labute approximate surface area is 89.1 Å². The van der Waals surface area contributed by atoms with Crippen LogP contribution in [-0.4, -0.2) is 24.5 Å². The van der Waals surface area contributed by atoms with Crippen LogP contribution in [0.1, 0.15) is 22.8 Å². The quantitative estimate of drug-likeness (QED) is 0.560. The highest BCUT2D eigenvalue weighted by atomic mass is 16.3. The van der Waals surface area contributed by atoms with Gasteiger partial charge in [0.1, 0.15) is 5.75 Å². The summed E-state index contributed by atoms with van der Waals surface area (Å²) in [7, 11) is 1.81. The first-order valence-electron chi connectivity index (χ1n) is 4.62. The van der Waals surface area contributed by atoms with E-state index in [4.69, 9.17) is 0 Å². The highest BCUT2D eigenvalue weighted by Crippen LogP contribution is 2.18. The van der Waals surface area contributed by atoms with E-state index >= 15 is 0 Å². The lowest BCUT2D eigenvalue weighted by Gasteiger charge is -2.00. The number of hydrogen-bond donors (Lipinski definition) is 2. The second-order valence-corrected chi connectivity index (χ2v) is 3.12. The minimum absolute atomic E-state index is 0.00154. The molecule has 0 unspecified atom stereocenters. The smallest absolute Gasteiger partial charge is 0.163 e. The Bertz CT molecular complexity index is 427. The van der Waals surface area contributed by atoms with E-state index in [1.807, 2.05) is 7.05 Å². The largest absolute Gasteiger partial charge is 0.507 e. The molecule has 15 heavy (non-hydrogen) atoms. The van der Waals surface area contributed by atoms with Gasteiger partial charge in [-0.3, -0.25) is 4.79 Å². The fraction of sp³-hybridized carbons (Fsp3) is 0.250. The number of nitrogens with one attached hydrogen (secondary N) is 1. The topological polar surface area (TPSA) is 49.3 Å². The lowest BCUT2D eigenvalue weighted by Crippen LogP contribution is -2.04. The van der Waals surface area contributed by atoms with Gasteiger partial charge in [-0.15, -0.1) is 0 Å². The van der Waals surface area contributed by atoms with Gasteiger partial charge >= 0.3 is 0 Å². The van der Waals surface area contributed by atoms with E-state index in [0.29, 0.717) is 12.1 Å². The molecule has 0 aliphatic rings. The summed E-state index contributed by atoms with van der Waals surface area (Å²) >= 11 is 0. The SMILES string of the molecule is CNCC#Cc1ccc(O)c(C(C)=O)c1. The van der Waals surface area contributed by atoms with Gasteiger partial charge < -0.3 is 10.4 Å². The Morgan fingerprint density at radius 2 is 2.27 bits per heavy atom. The molecule has 78 valence electrons. The Morgan fingerprint density at radius 1 is 1.53 bits per heavy atom. The van der Waals surface area contributed by atoms with Gasteiger partial charge in [0.2, 0.25) is 0 Å². The first-order chi connectivity index (χ1) is 7.15. The zero-order valence-corrected chi connectivity index (χ0v) is 8.79. The van der Waals surface area contributed by atoms with Crippen LogP contribution in [-0.2, 0) is 0 Å². The van der Waals surface area contributed by atoms with Gasteiger partial charge in [-0.1, -0.05) is 11.8 Å². The molecule has 0 amide bonds. The zero-order valence-electron chi connectivity index (χ0n) is 8.79. The van der Waals surface area contributed by atoms with Crippen LogP contribution < -0.4 is 5.32 Å². The third kappa shape index (κ3) is 3.12. The maximum Gasteiger partial charge on any atom is 0.163 e. The lowest BCUT2D eigenvalue weighted by molar-refractivity contribution is 0.101. The predicted molar refractivity (Wildman–Crippen MR) is 58.9 cm³/mol. The summed E-state index contributed by atoms with van der Waals surface area (Å²) < 4.78 is 0. The van der Waals surface area contributed by atoms with Crippen LogP contribution in [0.2, 0.25) is 0 Å². The number of phenolic OH excluding ortho intramolecular Hbond substituents is 1. The van der Waals surface area contributed by atoms with Gasteiger partial charge in [-0.05, 0) is 32.2 Å². The molecule has 1 aromatic rings. The van der Waals surface area contributed by atoms with E-state index in [1.54, 1.807) is 12.1 Å². The van der Waals surface area contributed by atoms with E-state index in [2.05, 4.69) is 17.2 Å². The second-order valence-electron chi connectivity index (χ2n) is 3.12. The molecule has 3 heteroatoms. The van der Waals surface area contributed by atoms with Crippen molar-refractivity contribution in [2.75, 3.05) is 13.6 Å². The number of aromatic hydroxyl groups is 1. The zero-order chi connectivity index (χ0) is 11.3. The summed E-state index contributed by atoms with van der Waals surface area (Å²) in [5, 5.41) is 12.3. The molecule has 0 aliphatic heterocycles. The normalized spacial score (nSPS) is 9.20. The van der Waals surface area contributed by atoms with E-state index in [-0.39, 0.29) is 11.5 Å². The molecule has 1 rings (SSSR count). The number of ketones is 1. The van der Waals surface area contributed by atoms with E-state index in [0.717, 1.165) is 5.56 Å². The first-order valence-corrected chi connectivity index (χ1v) is 4.62. The van der Waals surface area contributed by atoms with Crippen LogP contribution in [0.3, 0.4) is 0 Å². The van der Waals surface area contributed by atoms with Crippen molar-refractivity contribution in [2.45, 2.75) is 6.92 Å². The molecule has 0 atom stereocenters. The highest BCUT2D eigenvalue weighted by molar-refractivity contribution is 5.97. The molecular weight excluding hydrogens is 190 g/mol. The monoisotopic (exact) mass is 203 g/mol. The number of Topliss-reactive ketones (excluding diaryl/α,β-unsaturated/α-hetero) is 1. The minimum atomic E-state index is -0.162. The van der Waals surface area contributed by atoms with Gasteiger partial charge in [0.25, 0.3) is 0 Å². The third-order valence-electron chi connectivity index (χ3n) is 1.87. The van der Waals surface area contributed by atoms with Crippen LogP contribution in [0.25, 0.3) is 0 Å². The van der Waals surface area contributed by atoms with E-state index < -0.39 is 0 Å². The summed E-state index contributed by atoms with van der Waals surface area (Å²) in [5.41, 5.74) is 1.04. The molecule has 0 aromatic heterocycles. The van der Waals surface area contributed by atoms with Crippen LogP contribution >= 0.6 is 0 Å². The molecule has 0 heterocycles. The second kappa shape index (κ2) is 5.18. The van der Waals surface area contributed by atoms with Crippen molar-refractivity contribution in [3.8, 4) is 17.6 Å². The van der Waals surface area contributed by atoms with E-state index in [1.165, 1.54) is 13.0 Å². The van der Waals surface area contributed by atoms with Crippen molar-refractivity contribution >= 4 is 5.78 Å². The first kappa shape index (κ1) is 11.3. The van der Waals surface area contributed by atoms with Gasteiger partial charge in [-0.25, -0.2) is 0 Å². The molecule has 1 aromatic carbocycles. The molecule has 0 fully saturated rings. The van der Waals surface area contributed by atoms with Crippen molar-refractivity contribution in [3.63, 3.8) is 0 Å². The van der Waals surface area contributed by atoms with Crippen LogP contribution in [0.5, 0.6) is 5.75 Å². The van der Waals surface area contributed by atoms with Gasteiger partial charge in [0, 0.05) is 5.56 Å². The Morgan fingerprint density at radius 3 is 2.87 bits per heavy atom. The molecular formula is C12H13NO2. The summed E-state index contributed by atoms with van der Waals surface area (Å²) in [4.78, 5) is 11.1. The van der Waals surface area contributed by atoms with Crippen molar-refractivity contribution in [1.82, 2.24) is 5.32 Å². The number of phenols is 1. The number of hydrogen-bond acceptors (Lipinski definition) is 3. The molecule has 0 saturated carbocycles. The third-order valence-corrected chi connectivity index (χ3v) is 1.87.